The fraction of sp³-hybridized carbons (Fsp3) is 0.600. The van der Waals surface area contributed by atoms with Crippen LogP contribution in [0.5, 0.6) is 0 Å². The van der Waals surface area contributed by atoms with Crippen molar-refractivity contribution >= 4 is 33.2 Å². The van der Waals surface area contributed by atoms with Crippen LogP contribution in [0.15, 0.2) is 21.7 Å². The first-order chi connectivity index (χ1) is 11.4. The van der Waals surface area contributed by atoms with Crippen molar-refractivity contribution in [3.05, 3.63) is 17.5 Å². The van der Waals surface area contributed by atoms with Gasteiger partial charge in [0.2, 0.25) is 11.8 Å². The predicted molar refractivity (Wildman–Crippen MR) is 89.9 cm³/mol. The Balaban J connectivity index is 1.60. The highest BCUT2D eigenvalue weighted by Gasteiger charge is 2.41. The van der Waals surface area contributed by atoms with Crippen LogP contribution in [-0.2, 0) is 19.6 Å². The minimum Gasteiger partial charge on any atom is -0.351 e. The van der Waals surface area contributed by atoms with Crippen LogP contribution in [0.4, 0.5) is 0 Å². The third kappa shape index (κ3) is 3.96. The average Bonchev–Trinajstić information content (AvgIpc) is 3.21. The second kappa shape index (κ2) is 6.81. The van der Waals surface area contributed by atoms with Gasteiger partial charge in [-0.15, -0.1) is 11.3 Å². The van der Waals surface area contributed by atoms with Gasteiger partial charge in [0, 0.05) is 12.5 Å². The van der Waals surface area contributed by atoms with Crippen molar-refractivity contribution in [2.75, 3.05) is 0 Å². The number of hydrogen-bond donors (Lipinski definition) is 3. The quantitative estimate of drug-likeness (QED) is 0.681. The van der Waals surface area contributed by atoms with Gasteiger partial charge in [0.05, 0.1) is 12.1 Å². The summed E-state index contributed by atoms with van der Waals surface area (Å²) in [5.41, 5.74) is 0. The molecule has 1 saturated carbocycles. The lowest BCUT2D eigenvalue weighted by Crippen LogP contribution is -2.59. The molecule has 1 aliphatic carbocycles. The summed E-state index contributed by atoms with van der Waals surface area (Å²) in [6, 6.07) is 2.08. The first-order valence-corrected chi connectivity index (χ1v) is 10.4. The minimum absolute atomic E-state index is 0.0174. The van der Waals surface area contributed by atoms with E-state index < -0.39 is 16.1 Å². The van der Waals surface area contributed by atoms with E-state index in [1.165, 1.54) is 13.0 Å². The first-order valence-electron chi connectivity index (χ1n) is 8.02. The van der Waals surface area contributed by atoms with Crippen LogP contribution in [0.3, 0.4) is 0 Å². The SMILES string of the molecule is CC(NS(=O)(=O)c1cccs1)C(=O)NC1CCC(=O)NC1C1CC1. The number of sulfonamides is 1. The summed E-state index contributed by atoms with van der Waals surface area (Å²) in [6.07, 6.45) is 3.07. The number of piperidine rings is 1. The maximum absolute atomic E-state index is 12.4. The smallest absolute Gasteiger partial charge is 0.250 e. The molecule has 3 unspecified atom stereocenters. The Morgan fingerprint density at radius 1 is 1.38 bits per heavy atom. The van der Waals surface area contributed by atoms with Crippen molar-refractivity contribution in [3.63, 3.8) is 0 Å². The number of rotatable bonds is 6. The molecule has 2 aliphatic rings. The summed E-state index contributed by atoms with van der Waals surface area (Å²) in [5, 5.41) is 7.52. The molecule has 2 heterocycles. The normalized spacial score (nSPS) is 25.8. The van der Waals surface area contributed by atoms with E-state index >= 15 is 0 Å². The zero-order chi connectivity index (χ0) is 17.3. The molecule has 2 fully saturated rings. The van der Waals surface area contributed by atoms with Gasteiger partial charge < -0.3 is 10.6 Å². The van der Waals surface area contributed by atoms with Crippen LogP contribution >= 0.6 is 11.3 Å². The molecule has 0 bridgehead atoms. The fourth-order valence-electron chi connectivity index (χ4n) is 2.96. The number of amides is 2. The van der Waals surface area contributed by atoms with E-state index in [0.29, 0.717) is 18.8 Å². The number of carbonyl (C=O) groups excluding carboxylic acids is 2. The third-order valence-corrected chi connectivity index (χ3v) is 7.32. The van der Waals surface area contributed by atoms with E-state index in [-0.39, 0.29) is 28.1 Å². The lowest BCUT2D eigenvalue weighted by atomic mass is 9.94. The highest BCUT2D eigenvalue weighted by atomic mass is 32.2. The molecule has 24 heavy (non-hydrogen) atoms. The first kappa shape index (κ1) is 17.4. The van der Waals surface area contributed by atoms with Gasteiger partial charge in [-0.3, -0.25) is 9.59 Å². The summed E-state index contributed by atoms with van der Waals surface area (Å²) in [5.74, 6) is 0.0587. The van der Waals surface area contributed by atoms with Gasteiger partial charge in [0.15, 0.2) is 0 Å². The second-order valence-electron chi connectivity index (χ2n) is 6.36. The molecule has 0 radical (unpaired) electrons. The van der Waals surface area contributed by atoms with Gasteiger partial charge in [-0.25, -0.2) is 8.42 Å². The van der Waals surface area contributed by atoms with Crippen LogP contribution in [-0.4, -0.2) is 38.4 Å². The summed E-state index contributed by atoms with van der Waals surface area (Å²) in [6.45, 7) is 1.52. The molecular weight excluding hydrogens is 350 g/mol. The molecule has 3 atom stereocenters. The van der Waals surface area contributed by atoms with Gasteiger partial charge in [-0.1, -0.05) is 6.07 Å². The van der Waals surface area contributed by atoms with Crippen molar-refractivity contribution in [3.8, 4) is 0 Å². The topological polar surface area (TPSA) is 104 Å². The molecule has 3 rings (SSSR count). The number of hydrogen-bond acceptors (Lipinski definition) is 5. The minimum atomic E-state index is -3.69. The van der Waals surface area contributed by atoms with Crippen LogP contribution in [0.25, 0.3) is 0 Å². The van der Waals surface area contributed by atoms with Crippen LogP contribution in [0.2, 0.25) is 0 Å². The predicted octanol–water partition coefficient (Wildman–Crippen LogP) is 0.588. The molecule has 7 nitrogen and oxygen atoms in total. The molecule has 1 aromatic rings. The van der Waals surface area contributed by atoms with E-state index in [2.05, 4.69) is 15.4 Å². The Labute approximate surface area is 145 Å². The standard InChI is InChI=1S/C15H21N3O4S2/c1-9(18-24(21,22)13-3-2-8-23-13)15(20)16-11-6-7-12(19)17-14(11)10-4-5-10/h2-3,8-11,14,18H,4-7H2,1H3,(H,16,20)(H,17,19). The summed E-state index contributed by atoms with van der Waals surface area (Å²) >= 11 is 1.10. The Bertz CT molecular complexity index is 713. The molecule has 1 saturated heterocycles. The molecule has 2 amide bonds. The zero-order valence-electron chi connectivity index (χ0n) is 13.3. The molecular formula is C15H21N3O4S2. The summed E-state index contributed by atoms with van der Waals surface area (Å²) in [7, 11) is -3.69. The zero-order valence-corrected chi connectivity index (χ0v) is 15.0. The van der Waals surface area contributed by atoms with E-state index in [0.717, 1.165) is 24.2 Å². The van der Waals surface area contributed by atoms with Gasteiger partial charge in [0.25, 0.3) is 10.0 Å². The van der Waals surface area contributed by atoms with Gasteiger partial charge in [-0.05, 0) is 43.6 Å². The lowest BCUT2D eigenvalue weighted by Gasteiger charge is -2.33. The third-order valence-electron chi connectivity index (χ3n) is 4.39. The average molecular weight is 371 g/mol. The summed E-state index contributed by atoms with van der Waals surface area (Å²) < 4.78 is 27.0. The number of nitrogens with one attached hydrogen (secondary N) is 3. The summed E-state index contributed by atoms with van der Waals surface area (Å²) in [4.78, 5) is 24.0. The molecule has 1 aromatic heterocycles. The highest BCUT2D eigenvalue weighted by Crippen LogP contribution is 2.36. The molecule has 1 aliphatic heterocycles. The fourth-order valence-corrected chi connectivity index (χ4v) is 5.17. The Kier molecular flexibility index (Phi) is 4.93. The van der Waals surface area contributed by atoms with E-state index in [9.17, 15) is 18.0 Å². The maximum Gasteiger partial charge on any atom is 0.250 e. The van der Waals surface area contributed by atoms with Crippen LogP contribution in [0, 0.1) is 5.92 Å². The monoisotopic (exact) mass is 371 g/mol. The second-order valence-corrected chi connectivity index (χ2v) is 9.25. The van der Waals surface area contributed by atoms with E-state index in [4.69, 9.17) is 0 Å². The molecule has 0 spiro atoms. The Hall–Kier alpha value is -1.45. The Morgan fingerprint density at radius 3 is 2.75 bits per heavy atom. The maximum atomic E-state index is 12.4. The van der Waals surface area contributed by atoms with Crippen molar-refractivity contribution in [2.24, 2.45) is 5.92 Å². The van der Waals surface area contributed by atoms with Crippen molar-refractivity contribution in [2.45, 2.75) is 54.9 Å². The number of thiophene rings is 1. The molecule has 9 heteroatoms. The molecule has 132 valence electrons. The van der Waals surface area contributed by atoms with Gasteiger partial charge >= 0.3 is 0 Å². The number of carbonyl (C=O) groups is 2. The molecule has 0 aromatic carbocycles. The Morgan fingerprint density at radius 2 is 2.12 bits per heavy atom. The van der Waals surface area contributed by atoms with Crippen molar-refractivity contribution in [1.29, 1.82) is 0 Å². The van der Waals surface area contributed by atoms with Crippen molar-refractivity contribution < 1.29 is 18.0 Å². The van der Waals surface area contributed by atoms with E-state index in [1.807, 2.05) is 0 Å². The molecule has 3 N–H and O–H groups in total. The highest BCUT2D eigenvalue weighted by molar-refractivity contribution is 7.91. The van der Waals surface area contributed by atoms with Gasteiger partial charge in [0.1, 0.15) is 4.21 Å². The largest absolute Gasteiger partial charge is 0.351 e. The van der Waals surface area contributed by atoms with Gasteiger partial charge in [-0.2, -0.15) is 4.72 Å². The lowest BCUT2D eigenvalue weighted by molar-refractivity contribution is -0.127. The van der Waals surface area contributed by atoms with Crippen molar-refractivity contribution in [1.82, 2.24) is 15.4 Å². The van der Waals surface area contributed by atoms with Crippen LogP contribution in [0.1, 0.15) is 32.6 Å². The van der Waals surface area contributed by atoms with Crippen LogP contribution < -0.4 is 15.4 Å². The van der Waals surface area contributed by atoms with E-state index in [1.54, 1.807) is 11.4 Å².